The minimum Gasteiger partial charge on any atom is -0.497 e. The van der Waals surface area contributed by atoms with Gasteiger partial charge in [-0.15, -0.1) is 0 Å². The molecule has 0 fully saturated rings. The van der Waals surface area contributed by atoms with Crippen molar-refractivity contribution in [1.82, 2.24) is 0 Å². The van der Waals surface area contributed by atoms with Crippen molar-refractivity contribution in [2.24, 2.45) is 0 Å². The number of carbonyl (C=O) groups is 2. The Balaban J connectivity index is 2.01. The molecular weight excluding hydrogens is 336 g/mol. The number of rotatable bonds is 14. The van der Waals surface area contributed by atoms with E-state index in [1.807, 2.05) is 12.1 Å². The van der Waals surface area contributed by atoms with Gasteiger partial charge in [0.15, 0.2) is 0 Å². The molecule has 1 aromatic carbocycles. The molecule has 0 N–H and O–H groups in total. The number of unbranched alkanes of at least 4 members (excludes halogenated alkanes) is 5. The first-order valence-electron chi connectivity index (χ1n) is 9.17. The van der Waals surface area contributed by atoms with E-state index in [-0.39, 0.29) is 19.8 Å². The lowest BCUT2D eigenvalue weighted by molar-refractivity contribution is -0.156. The molecule has 1 aromatic rings. The van der Waals surface area contributed by atoms with Crippen LogP contribution in [0.5, 0.6) is 5.75 Å². The maximum absolute atomic E-state index is 11.6. The average molecular weight is 366 g/mol. The molecule has 0 atom stereocenters. The van der Waals surface area contributed by atoms with E-state index in [2.05, 4.69) is 6.92 Å². The van der Waals surface area contributed by atoms with Crippen LogP contribution in [-0.2, 0) is 30.4 Å². The summed E-state index contributed by atoms with van der Waals surface area (Å²) in [5.41, 5.74) is 0.845. The van der Waals surface area contributed by atoms with Crippen molar-refractivity contribution < 1.29 is 28.5 Å². The third kappa shape index (κ3) is 10.7. The van der Waals surface area contributed by atoms with Gasteiger partial charge in [0, 0.05) is 0 Å². The zero-order valence-corrected chi connectivity index (χ0v) is 15.8. The molecule has 0 aliphatic rings. The van der Waals surface area contributed by atoms with Gasteiger partial charge < -0.3 is 18.9 Å². The second-order valence-electron chi connectivity index (χ2n) is 5.99. The first kappa shape index (κ1) is 22.0. The summed E-state index contributed by atoms with van der Waals surface area (Å²) in [7, 11) is 1.59. The van der Waals surface area contributed by atoms with Crippen molar-refractivity contribution in [3.8, 4) is 5.75 Å². The summed E-state index contributed by atoms with van der Waals surface area (Å²) < 4.78 is 20.2. The van der Waals surface area contributed by atoms with E-state index < -0.39 is 11.9 Å². The maximum atomic E-state index is 11.6. The molecule has 0 amide bonds. The lowest BCUT2D eigenvalue weighted by Crippen LogP contribution is -2.18. The van der Waals surface area contributed by atoms with E-state index in [0.29, 0.717) is 6.61 Å². The highest BCUT2D eigenvalue weighted by Gasteiger charge is 2.08. The van der Waals surface area contributed by atoms with Gasteiger partial charge in [-0.2, -0.15) is 0 Å². The molecule has 0 unspecified atom stereocenters. The van der Waals surface area contributed by atoms with Gasteiger partial charge in [0.2, 0.25) is 0 Å². The molecule has 0 aliphatic heterocycles. The van der Waals surface area contributed by atoms with Crippen LogP contribution in [-0.4, -0.2) is 38.9 Å². The molecule has 0 bridgehead atoms. The molecule has 0 saturated carbocycles. The van der Waals surface area contributed by atoms with Crippen molar-refractivity contribution in [2.45, 2.75) is 52.1 Å². The molecule has 1 rings (SSSR count). The van der Waals surface area contributed by atoms with Gasteiger partial charge in [0.1, 0.15) is 25.6 Å². The van der Waals surface area contributed by atoms with Gasteiger partial charge in [0.25, 0.3) is 0 Å². The van der Waals surface area contributed by atoms with Crippen LogP contribution in [0, 0.1) is 0 Å². The van der Waals surface area contributed by atoms with Crippen LogP contribution in [0.1, 0.15) is 51.0 Å². The fourth-order valence-electron chi connectivity index (χ4n) is 2.26. The first-order chi connectivity index (χ1) is 12.7. The minimum atomic E-state index is -0.524. The summed E-state index contributed by atoms with van der Waals surface area (Å²) in [6.07, 6.45) is 6.79. The molecule has 0 aliphatic carbocycles. The Morgan fingerprint density at radius 3 is 2.12 bits per heavy atom. The summed E-state index contributed by atoms with van der Waals surface area (Å²) in [6.45, 7) is 2.21. The molecule has 26 heavy (non-hydrogen) atoms. The van der Waals surface area contributed by atoms with Crippen molar-refractivity contribution in [1.29, 1.82) is 0 Å². The highest BCUT2D eigenvalue weighted by atomic mass is 16.6. The van der Waals surface area contributed by atoms with Gasteiger partial charge in [-0.3, -0.25) is 0 Å². The highest BCUT2D eigenvalue weighted by molar-refractivity contribution is 5.73. The van der Waals surface area contributed by atoms with Crippen LogP contribution in [0.15, 0.2) is 24.3 Å². The molecular formula is C20H30O6. The molecule has 0 heterocycles. The lowest BCUT2D eigenvalue weighted by atomic mass is 10.1. The minimum absolute atomic E-state index is 0.147. The van der Waals surface area contributed by atoms with Crippen molar-refractivity contribution in [3.63, 3.8) is 0 Å². The van der Waals surface area contributed by atoms with Crippen LogP contribution >= 0.6 is 0 Å². The Bertz CT molecular complexity index is 512. The number of benzene rings is 1. The van der Waals surface area contributed by atoms with E-state index in [4.69, 9.17) is 18.9 Å². The normalized spacial score (nSPS) is 10.4. The van der Waals surface area contributed by atoms with E-state index >= 15 is 0 Å². The fraction of sp³-hybridized carbons (Fsp3) is 0.600. The number of methoxy groups -OCH3 is 1. The van der Waals surface area contributed by atoms with Crippen LogP contribution in [0.2, 0.25) is 0 Å². The van der Waals surface area contributed by atoms with Gasteiger partial charge in [0.05, 0.1) is 13.7 Å². The Morgan fingerprint density at radius 2 is 1.46 bits per heavy atom. The Kier molecular flexibility index (Phi) is 11.9. The summed E-state index contributed by atoms with van der Waals surface area (Å²) in [4.78, 5) is 23.1. The van der Waals surface area contributed by atoms with Crippen molar-refractivity contribution >= 4 is 11.9 Å². The van der Waals surface area contributed by atoms with Crippen molar-refractivity contribution in [3.05, 3.63) is 29.8 Å². The largest absolute Gasteiger partial charge is 0.497 e. The number of carbonyl (C=O) groups excluding carboxylic acids is 2. The van der Waals surface area contributed by atoms with Crippen molar-refractivity contribution in [2.75, 3.05) is 26.9 Å². The summed E-state index contributed by atoms with van der Waals surface area (Å²) in [6, 6.07) is 7.21. The smallest absolute Gasteiger partial charge is 0.332 e. The van der Waals surface area contributed by atoms with E-state index in [1.54, 1.807) is 19.2 Å². The number of esters is 2. The third-order valence-electron chi connectivity index (χ3n) is 3.76. The fourth-order valence-corrected chi connectivity index (χ4v) is 2.26. The molecule has 0 spiro atoms. The molecule has 0 aromatic heterocycles. The summed E-state index contributed by atoms with van der Waals surface area (Å²) in [5.74, 6) is -0.242. The summed E-state index contributed by atoms with van der Waals surface area (Å²) in [5, 5.41) is 0. The second kappa shape index (κ2) is 14.1. The number of hydrogen-bond donors (Lipinski definition) is 0. The van der Waals surface area contributed by atoms with Gasteiger partial charge >= 0.3 is 11.9 Å². The lowest BCUT2D eigenvalue weighted by Gasteiger charge is -2.07. The van der Waals surface area contributed by atoms with Crippen LogP contribution in [0.4, 0.5) is 0 Å². The zero-order valence-electron chi connectivity index (χ0n) is 15.8. The highest BCUT2D eigenvalue weighted by Crippen LogP contribution is 2.12. The monoisotopic (exact) mass is 366 g/mol. The molecule has 0 saturated heterocycles. The average Bonchev–Trinajstić information content (AvgIpc) is 2.66. The first-order valence-corrected chi connectivity index (χ1v) is 9.17. The predicted molar refractivity (Wildman–Crippen MR) is 97.9 cm³/mol. The van der Waals surface area contributed by atoms with Crippen LogP contribution < -0.4 is 4.74 Å². The molecule has 0 radical (unpaired) electrons. The SMILES string of the molecule is CCCCCCCCOC(=O)COCC(=O)OCc1ccc(OC)cc1. The Morgan fingerprint density at radius 1 is 0.846 bits per heavy atom. The Hall–Kier alpha value is -2.08. The standard InChI is InChI=1S/C20H30O6/c1-3-4-5-6-7-8-13-25-19(21)15-24-16-20(22)26-14-17-9-11-18(23-2)12-10-17/h9-12H,3-8,13-16H2,1-2H3. The zero-order chi connectivity index (χ0) is 19.0. The van der Waals surface area contributed by atoms with Crippen LogP contribution in [0.25, 0.3) is 0 Å². The second-order valence-corrected chi connectivity index (χ2v) is 5.99. The van der Waals surface area contributed by atoms with Gasteiger partial charge in [-0.05, 0) is 24.1 Å². The molecule has 6 nitrogen and oxygen atoms in total. The van der Waals surface area contributed by atoms with Crippen LogP contribution in [0.3, 0.4) is 0 Å². The third-order valence-corrected chi connectivity index (χ3v) is 3.76. The predicted octanol–water partition coefficient (Wildman–Crippen LogP) is 3.66. The number of ether oxygens (including phenoxy) is 4. The van der Waals surface area contributed by atoms with Gasteiger partial charge in [-0.25, -0.2) is 9.59 Å². The number of hydrogen-bond acceptors (Lipinski definition) is 6. The topological polar surface area (TPSA) is 71.1 Å². The molecule has 6 heteroatoms. The van der Waals surface area contributed by atoms with E-state index in [9.17, 15) is 9.59 Å². The van der Waals surface area contributed by atoms with E-state index in [0.717, 1.165) is 24.2 Å². The molecule has 146 valence electrons. The summed E-state index contributed by atoms with van der Waals surface area (Å²) >= 11 is 0. The quantitative estimate of drug-likeness (QED) is 0.370. The maximum Gasteiger partial charge on any atom is 0.332 e. The Labute approximate surface area is 155 Å². The van der Waals surface area contributed by atoms with E-state index in [1.165, 1.54) is 25.7 Å². The van der Waals surface area contributed by atoms with Gasteiger partial charge in [-0.1, -0.05) is 51.2 Å².